The molecular weight excluding hydrogens is 258 g/mol. The molecule has 3 nitrogen and oxygen atoms in total. The molecule has 0 unspecified atom stereocenters. The van der Waals surface area contributed by atoms with E-state index in [1.54, 1.807) is 0 Å². The molecule has 3 rings (SSSR count). The van der Waals surface area contributed by atoms with Crippen LogP contribution < -0.4 is 10.2 Å². The predicted molar refractivity (Wildman–Crippen MR) is 81.1 cm³/mol. The van der Waals surface area contributed by atoms with E-state index in [4.69, 9.17) is 11.6 Å². The van der Waals surface area contributed by atoms with Crippen LogP contribution in [0.15, 0.2) is 24.3 Å². The van der Waals surface area contributed by atoms with E-state index in [0.29, 0.717) is 0 Å². The highest BCUT2D eigenvalue weighted by molar-refractivity contribution is 6.30. The van der Waals surface area contributed by atoms with Gasteiger partial charge in [-0.1, -0.05) is 11.6 Å². The lowest BCUT2D eigenvalue weighted by molar-refractivity contribution is 0.236. The minimum Gasteiger partial charge on any atom is -0.369 e. The van der Waals surface area contributed by atoms with Gasteiger partial charge >= 0.3 is 0 Å². The first-order chi connectivity index (χ1) is 9.31. The van der Waals surface area contributed by atoms with Crippen LogP contribution in [-0.4, -0.2) is 50.2 Å². The van der Waals surface area contributed by atoms with Gasteiger partial charge in [0.25, 0.3) is 0 Å². The van der Waals surface area contributed by atoms with Crippen molar-refractivity contribution in [2.75, 3.05) is 44.2 Å². The molecule has 19 heavy (non-hydrogen) atoms. The number of anilines is 1. The van der Waals surface area contributed by atoms with Crippen molar-refractivity contribution >= 4 is 17.3 Å². The van der Waals surface area contributed by atoms with Gasteiger partial charge < -0.3 is 10.2 Å². The van der Waals surface area contributed by atoms with E-state index >= 15 is 0 Å². The summed E-state index contributed by atoms with van der Waals surface area (Å²) in [4.78, 5) is 5.05. The number of rotatable bonds is 3. The first kappa shape index (κ1) is 13.2. The lowest BCUT2D eigenvalue weighted by atomic mass is 10.2. The van der Waals surface area contributed by atoms with E-state index in [2.05, 4.69) is 27.2 Å². The minimum atomic E-state index is 0.724. The number of piperazine rings is 1. The number of nitrogens with zero attached hydrogens (tertiary/aromatic N) is 2. The number of hydrogen-bond acceptors (Lipinski definition) is 3. The van der Waals surface area contributed by atoms with Crippen molar-refractivity contribution in [2.45, 2.75) is 18.9 Å². The molecule has 2 fully saturated rings. The quantitative estimate of drug-likeness (QED) is 0.915. The van der Waals surface area contributed by atoms with Crippen LogP contribution in [0.3, 0.4) is 0 Å². The fraction of sp³-hybridized carbons (Fsp3) is 0.600. The van der Waals surface area contributed by atoms with Gasteiger partial charge in [0.15, 0.2) is 0 Å². The molecule has 2 aliphatic rings. The normalized spacial score (nSPS) is 24.9. The van der Waals surface area contributed by atoms with Gasteiger partial charge in [-0.25, -0.2) is 0 Å². The highest BCUT2D eigenvalue weighted by Crippen LogP contribution is 2.19. The third-order valence-corrected chi connectivity index (χ3v) is 4.46. The Morgan fingerprint density at radius 1 is 1.11 bits per heavy atom. The molecule has 2 aliphatic heterocycles. The zero-order valence-electron chi connectivity index (χ0n) is 11.3. The zero-order chi connectivity index (χ0) is 13.1. The Hall–Kier alpha value is -0.770. The maximum Gasteiger partial charge on any atom is 0.0407 e. The zero-order valence-corrected chi connectivity index (χ0v) is 12.1. The second-order valence-corrected chi connectivity index (χ2v) is 5.99. The van der Waals surface area contributed by atoms with E-state index < -0.39 is 0 Å². The van der Waals surface area contributed by atoms with Gasteiger partial charge in [-0.2, -0.15) is 0 Å². The largest absolute Gasteiger partial charge is 0.369 e. The summed E-state index contributed by atoms with van der Waals surface area (Å²) in [5.74, 6) is 0. The van der Waals surface area contributed by atoms with E-state index in [9.17, 15) is 0 Å². The first-order valence-electron chi connectivity index (χ1n) is 7.27. The number of halogens is 1. The molecule has 2 heterocycles. The molecule has 0 aromatic heterocycles. The fourth-order valence-corrected chi connectivity index (χ4v) is 3.19. The lowest BCUT2D eigenvalue weighted by Crippen LogP contribution is -2.49. The summed E-state index contributed by atoms with van der Waals surface area (Å²) in [6, 6.07) is 8.92. The van der Waals surface area contributed by atoms with Gasteiger partial charge in [-0.15, -0.1) is 0 Å². The van der Waals surface area contributed by atoms with Crippen molar-refractivity contribution in [2.24, 2.45) is 0 Å². The molecule has 1 aromatic rings. The van der Waals surface area contributed by atoms with Gasteiger partial charge in [0.1, 0.15) is 0 Å². The van der Waals surface area contributed by atoms with Crippen molar-refractivity contribution < 1.29 is 0 Å². The second-order valence-electron chi connectivity index (χ2n) is 5.56. The van der Waals surface area contributed by atoms with E-state index in [0.717, 1.165) is 24.2 Å². The van der Waals surface area contributed by atoms with Crippen molar-refractivity contribution in [1.82, 2.24) is 10.2 Å². The Balaban J connectivity index is 1.50. The second kappa shape index (κ2) is 6.12. The highest BCUT2D eigenvalue weighted by Gasteiger charge is 2.21. The third-order valence-electron chi connectivity index (χ3n) is 4.21. The summed E-state index contributed by atoms with van der Waals surface area (Å²) in [5, 5.41) is 4.40. The lowest BCUT2D eigenvalue weighted by Gasteiger charge is -2.37. The first-order valence-corrected chi connectivity index (χ1v) is 7.65. The predicted octanol–water partition coefficient (Wildman–Crippen LogP) is 2.21. The Kier molecular flexibility index (Phi) is 4.26. The SMILES string of the molecule is Clc1ccc(N2CCN(C[C@H]3CCCN3)CC2)cc1. The van der Waals surface area contributed by atoms with Gasteiger partial charge in [0, 0.05) is 49.5 Å². The molecule has 0 spiro atoms. The fourth-order valence-electron chi connectivity index (χ4n) is 3.06. The molecule has 0 bridgehead atoms. The minimum absolute atomic E-state index is 0.724. The molecule has 1 atom stereocenters. The molecule has 104 valence electrons. The summed E-state index contributed by atoms with van der Waals surface area (Å²) in [7, 11) is 0. The molecule has 4 heteroatoms. The van der Waals surface area contributed by atoms with E-state index in [1.165, 1.54) is 44.7 Å². The Labute approximate surface area is 120 Å². The van der Waals surface area contributed by atoms with Crippen molar-refractivity contribution in [1.29, 1.82) is 0 Å². The van der Waals surface area contributed by atoms with Crippen LogP contribution in [-0.2, 0) is 0 Å². The smallest absolute Gasteiger partial charge is 0.0407 e. The Morgan fingerprint density at radius 3 is 2.47 bits per heavy atom. The average molecular weight is 280 g/mol. The third kappa shape index (κ3) is 3.41. The number of hydrogen-bond donors (Lipinski definition) is 1. The van der Waals surface area contributed by atoms with Crippen molar-refractivity contribution in [3.05, 3.63) is 29.3 Å². The van der Waals surface area contributed by atoms with Crippen LogP contribution in [0.25, 0.3) is 0 Å². The maximum absolute atomic E-state index is 5.94. The molecule has 1 aromatic carbocycles. The van der Waals surface area contributed by atoms with Gasteiger partial charge in [-0.05, 0) is 43.7 Å². The van der Waals surface area contributed by atoms with Crippen molar-refractivity contribution in [3.8, 4) is 0 Å². The topological polar surface area (TPSA) is 18.5 Å². The molecule has 1 N–H and O–H groups in total. The van der Waals surface area contributed by atoms with Gasteiger partial charge in [0.05, 0.1) is 0 Å². The highest BCUT2D eigenvalue weighted by atomic mass is 35.5. The molecule has 0 saturated carbocycles. The number of nitrogens with one attached hydrogen (secondary N) is 1. The summed E-state index contributed by atoms with van der Waals surface area (Å²) < 4.78 is 0. The van der Waals surface area contributed by atoms with Crippen LogP contribution >= 0.6 is 11.6 Å². The summed E-state index contributed by atoms with van der Waals surface area (Å²) in [6.07, 6.45) is 2.69. The van der Waals surface area contributed by atoms with Gasteiger partial charge in [-0.3, -0.25) is 4.90 Å². The number of benzene rings is 1. The van der Waals surface area contributed by atoms with Crippen molar-refractivity contribution in [3.63, 3.8) is 0 Å². The van der Waals surface area contributed by atoms with Gasteiger partial charge in [0.2, 0.25) is 0 Å². The monoisotopic (exact) mass is 279 g/mol. The molecular formula is C15H22ClN3. The summed E-state index contributed by atoms with van der Waals surface area (Å²) in [6.45, 7) is 6.99. The Morgan fingerprint density at radius 2 is 1.84 bits per heavy atom. The van der Waals surface area contributed by atoms with Crippen LogP contribution in [0.2, 0.25) is 5.02 Å². The molecule has 2 saturated heterocycles. The molecule has 0 amide bonds. The maximum atomic E-state index is 5.94. The molecule has 0 radical (unpaired) electrons. The Bertz CT molecular complexity index is 392. The standard InChI is InChI=1S/C15H22ClN3/c16-13-3-5-15(6-4-13)19-10-8-18(9-11-19)12-14-2-1-7-17-14/h3-6,14,17H,1-2,7-12H2/t14-/m1/s1. The van der Waals surface area contributed by atoms with E-state index in [1.807, 2.05) is 12.1 Å². The van der Waals surface area contributed by atoms with E-state index in [-0.39, 0.29) is 0 Å². The van der Waals surface area contributed by atoms with Crippen LogP contribution in [0, 0.1) is 0 Å². The molecule has 0 aliphatic carbocycles. The average Bonchev–Trinajstić information content (AvgIpc) is 2.94. The van der Waals surface area contributed by atoms with Crippen LogP contribution in [0.1, 0.15) is 12.8 Å². The van der Waals surface area contributed by atoms with Crippen LogP contribution in [0.5, 0.6) is 0 Å². The van der Waals surface area contributed by atoms with Crippen LogP contribution in [0.4, 0.5) is 5.69 Å². The summed E-state index contributed by atoms with van der Waals surface area (Å²) in [5.41, 5.74) is 1.29. The summed E-state index contributed by atoms with van der Waals surface area (Å²) >= 11 is 5.94.